The third kappa shape index (κ3) is 3.80. The Balaban J connectivity index is 1.72. The minimum atomic E-state index is -0.865. The second-order valence-corrected chi connectivity index (χ2v) is 8.79. The summed E-state index contributed by atoms with van der Waals surface area (Å²) in [5.41, 5.74) is 7.67. The van der Waals surface area contributed by atoms with Crippen LogP contribution >= 0.6 is 23.2 Å². The van der Waals surface area contributed by atoms with Crippen molar-refractivity contribution in [2.75, 3.05) is 6.61 Å². The van der Waals surface area contributed by atoms with Gasteiger partial charge in [0.05, 0.1) is 23.1 Å². The van der Waals surface area contributed by atoms with E-state index in [1.165, 1.54) is 0 Å². The number of hydrogen-bond acceptors (Lipinski definition) is 5. The van der Waals surface area contributed by atoms with Crippen LogP contribution < -0.4 is 5.73 Å². The van der Waals surface area contributed by atoms with E-state index in [0.29, 0.717) is 16.8 Å². The number of hydrogen-bond donors (Lipinski definition) is 1. The standard InChI is InChI=1S/C22H24Cl2N4O2/c1-13-11-14(8-10-30-13)28-18(29)12-22(2,27-21(28)25)17-7-3-5-15(19(17)23)16-6-4-9-26-20(16)24/h3-7,9,13-14H,8,10-12H2,1-2H3,(H2,25,27)/t13-,14-,22-/m0/s1. The van der Waals surface area contributed by atoms with Crippen molar-refractivity contribution in [2.45, 2.75) is 50.8 Å². The Labute approximate surface area is 186 Å². The molecule has 0 unspecified atom stereocenters. The van der Waals surface area contributed by atoms with Gasteiger partial charge in [-0.25, -0.2) is 9.98 Å². The first-order chi connectivity index (χ1) is 14.3. The topological polar surface area (TPSA) is 80.8 Å². The fourth-order valence-electron chi connectivity index (χ4n) is 4.35. The molecule has 2 aliphatic heterocycles. The minimum Gasteiger partial charge on any atom is -0.378 e. The quantitative estimate of drug-likeness (QED) is 0.708. The number of carbonyl (C=O) groups excluding carboxylic acids is 1. The van der Waals surface area contributed by atoms with Crippen LogP contribution in [-0.4, -0.2) is 40.5 Å². The number of carbonyl (C=O) groups is 1. The van der Waals surface area contributed by atoms with E-state index >= 15 is 0 Å². The molecule has 0 spiro atoms. The van der Waals surface area contributed by atoms with Gasteiger partial charge in [0, 0.05) is 30.0 Å². The van der Waals surface area contributed by atoms with E-state index in [-0.39, 0.29) is 30.4 Å². The van der Waals surface area contributed by atoms with Gasteiger partial charge in [0.15, 0.2) is 5.96 Å². The van der Waals surface area contributed by atoms with Crippen LogP contribution in [0, 0.1) is 0 Å². The van der Waals surface area contributed by atoms with Crippen molar-refractivity contribution >= 4 is 35.1 Å². The Kier molecular flexibility index (Phi) is 5.75. The number of ether oxygens (including phenoxy) is 1. The molecule has 158 valence electrons. The summed E-state index contributed by atoms with van der Waals surface area (Å²) in [5, 5.41) is 0.858. The number of halogens is 2. The molecule has 8 heteroatoms. The minimum absolute atomic E-state index is 0.00514. The smallest absolute Gasteiger partial charge is 0.232 e. The number of amides is 1. The molecule has 0 radical (unpaired) electrons. The van der Waals surface area contributed by atoms with Crippen LogP contribution in [0.4, 0.5) is 0 Å². The Morgan fingerprint density at radius 3 is 2.70 bits per heavy atom. The van der Waals surface area contributed by atoms with Gasteiger partial charge in [-0.15, -0.1) is 0 Å². The molecule has 4 rings (SSSR count). The Hall–Kier alpha value is -2.15. The van der Waals surface area contributed by atoms with Crippen LogP contribution in [0.15, 0.2) is 41.5 Å². The van der Waals surface area contributed by atoms with E-state index in [1.54, 1.807) is 17.2 Å². The average Bonchev–Trinajstić information content (AvgIpc) is 2.68. The number of nitrogens with two attached hydrogens (primary N) is 1. The van der Waals surface area contributed by atoms with Gasteiger partial charge in [-0.05, 0) is 44.4 Å². The zero-order chi connectivity index (χ0) is 21.5. The monoisotopic (exact) mass is 446 g/mol. The van der Waals surface area contributed by atoms with E-state index < -0.39 is 5.54 Å². The van der Waals surface area contributed by atoms with Gasteiger partial charge in [-0.3, -0.25) is 9.69 Å². The van der Waals surface area contributed by atoms with Crippen molar-refractivity contribution in [1.29, 1.82) is 0 Å². The normalized spacial score (nSPS) is 27.1. The molecule has 1 saturated heterocycles. The van der Waals surface area contributed by atoms with Crippen molar-refractivity contribution in [3.63, 3.8) is 0 Å². The van der Waals surface area contributed by atoms with Gasteiger partial charge in [0.2, 0.25) is 5.91 Å². The summed E-state index contributed by atoms with van der Waals surface area (Å²) in [6.07, 6.45) is 3.39. The maximum atomic E-state index is 13.2. The lowest BCUT2D eigenvalue weighted by Crippen LogP contribution is -2.56. The first kappa shape index (κ1) is 21.1. The number of guanidine groups is 1. The highest BCUT2D eigenvalue weighted by Crippen LogP contribution is 2.42. The van der Waals surface area contributed by atoms with Gasteiger partial charge in [0.1, 0.15) is 5.15 Å². The van der Waals surface area contributed by atoms with Gasteiger partial charge in [0.25, 0.3) is 0 Å². The second-order valence-electron chi connectivity index (χ2n) is 8.05. The third-order valence-electron chi connectivity index (χ3n) is 5.82. The molecule has 2 aromatic rings. The van der Waals surface area contributed by atoms with Crippen molar-refractivity contribution in [1.82, 2.24) is 9.88 Å². The van der Waals surface area contributed by atoms with Gasteiger partial charge < -0.3 is 10.5 Å². The molecule has 0 aliphatic carbocycles. The van der Waals surface area contributed by atoms with E-state index in [9.17, 15) is 4.79 Å². The Morgan fingerprint density at radius 1 is 1.23 bits per heavy atom. The first-order valence-corrected chi connectivity index (χ1v) is 10.7. The van der Waals surface area contributed by atoms with Gasteiger partial charge in [-0.1, -0.05) is 41.4 Å². The number of pyridine rings is 1. The summed E-state index contributed by atoms with van der Waals surface area (Å²) in [7, 11) is 0. The third-order valence-corrected chi connectivity index (χ3v) is 6.53. The SMILES string of the molecule is C[C@H]1C[C@@H](N2C(=O)C[C@@](C)(c3cccc(-c4cccnc4Cl)c3Cl)N=C2N)CCO1. The molecular weight excluding hydrogens is 423 g/mol. The van der Waals surface area contributed by atoms with E-state index in [4.69, 9.17) is 38.7 Å². The number of rotatable bonds is 3. The van der Waals surface area contributed by atoms with Gasteiger partial charge in [-0.2, -0.15) is 0 Å². The molecule has 3 atom stereocenters. The summed E-state index contributed by atoms with van der Waals surface area (Å²) in [4.78, 5) is 23.7. The second kappa shape index (κ2) is 8.17. The highest BCUT2D eigenvalue weighted by Gasteiger charge is 2.42. The lowest BCUT2D eigenvalue weighted by molar-refractivity contribution is -0.133. The van der Waals surface area contributed by atoms with Crippen LogP contribution in [-0.2, 0) is 15.1 Å². The molecule has 3 heterocycles. The molecule has 1 aromatic carbocycles. The summed E-state index contributed by atoms with van der Waals surface area (Å²) < 4.78 is 5.61. The Morgan fingerprint density at radius 2 is 2.00 bits per heavy atom. The molecule has 1 aromatic heterocycles. The molecule has 0 saturated carbocycles. The number of aliphatic imine (C=N–C) groups is 1. The fourth-order valence-corrected chi connectivity index (χ4v) is 5.00. The van der Waals surface area contributed by atoms with E-state index in [2.05, 4.69) is 4.98 Å². The lowest BCUT2D eigenvalue weighted by Gasteiger charge is -2.41. The molecule has 2 aliphatic rings. The predicted octanol–water partition coefficient (Wildman–Crippen LogP) is 4.39. The molecule has 1 fully saturated rings. The average molecular weight is 447 g/mol. The van der Waals surface area contributed by atoms with Crippen LogP contribution in [0.1, 0.15) is 38.7 Å². The summed E-state index contributed by atoms with van der Waals surface area (Å²) in [6.45, 7) is 4.50. The largest absolute Gasteiger partial charge is 0.378 e. The van der Waals surface area contributed by atoms with Crippen LogP contribution in [0.3, 0.4) is 0 Å². The van der Waals surface area contributed by atoms with E-state index in [0.717, 1.165) is 29.5 Å². The zero-order valence-electron chi connectivity index (χ0n) is 16.9. The fraction of sp³-hybridized carbons (Fsp3) is 0.409. The molecule has 6 nitrogen and oxygen atoms in total. The highest BCUT2D eigenvalue weighted by atomic mass is 35.5. The summed E-state index contributed by atoms with van der Waals surface area (Å²) in [6, 6.07) is 9.32. The van der Waals surface area contributed by atoms with Crippen molar-refractivity contribution < 1.29 is 9.53 Å². The van der Waals surface area contributed by atoms with E-state index in [1.807, 2.05) is 38.1 Å². The lowest BCUT2D eigenvalue weighted by atomic mass is 9.85. The molecule has 0 bridgehead atoms. The summed E-state index contributed by atoms with van der Waals surface area (Å²) >= 11 is 13.1. The highest BCUT2D eigenvalue weighted by molar-refractivity contribution is 6.36. The number of nitrogens with zero attached hydrogens (tertiary/aromatic N) is 3. The molecular formula is C22H24Cl2N4O2. The van der Waals surface area contributed by atoms with Crippen LogP contribution in [0.5, 0.6) is 0 Å². The molecule has 2 N–H and O–H groups in total. The number of benzene rings is 1. The van der Waals surface area contributed by atoms with Gasteiger partial charge >= 0.3 is 0 Å². The first-order valence-electron chi connectivity index (χ1n) is 9.99. The molecule has 30 heavy (non-hydrogen) atoms. The predicted molar refractivity (Wildman–Crippen MR) is 119 cm³/mol. The zero-order valence-corrected chi connectivity index (χ0v) is 18.5. The van der Waals surface area contributed by atoms with Crippen molar-refractivity contribution in [2.24, 2.45) is 10.7 Å². The summed E-state index contributed by atoms with van der Waals surface area (Å²) in [5.74, 6) is 0.179. The maximum absolute atomic E-state index is 13.2. The Bertz CT molecular complexity index is 1010. The van der Waals surface area contributed by atoms with Crippen LogP contribution in [0.25, 0.3) is 11.1 Å². The van der Waals surface area contributed by atoms with Crippen LogP contribution in [0.2, 0.25) is 10.2 Å². The van der Waals surface area contributed by atoms with Crippen molar-refractivity contribution in [3.05, 3.63) is 52.3 Å². The number of aromatic nitrogens is 1. The van der Waals surface area contributed by atoms with Crippen molar-refractivity contribution in [3.8, 4) is 11.1 Å². The maximum Gasteiger partial charge on any atom is 0.232 e. The molecule has 1 amide bonds.